The number of alkyl halides is 3. The van der Waals surface area contributed by atoms with Gasteiger partial charge in [0.25, 0.3) is 0 Å². The number of hydrogen-bond acceptors (Lipinski definition) is 9. The highest BCUT2D eigenvalue weighted by atomic mass is 28.3. The van der Waals surface area contributed by atoms with Crippen LogP contribution in [0.3, 0.4) is 0 Å². The molecular weight excluding hydrogens is 893 g/mol. The second-order valence-electron chi connectivity index (χ2n) is 20.6. The van der Waals surface area contributed by atoms with Crippen molar-refractivity contribution in [2.45, 2.75) is 147 Å². The van der Waals surface area contributed by atoms with Crippen LogP contribution in [0.15, 0.2) is 24.3 Å². The second-order valence-corrected chi connectivity index (χ2v) is 26.2. The van der Waals surface area contributed by atoms with Gasteiger partial charge in [0.2, 0.25) is 0 Å². The maximum Gasteiger partial charge on any atom is 0.410 e. The Balaban J connectivity index is 1.36. The Labute approximate surface area is 389 Å². The van der Waals surface area contributed by atoms with Gasteiger partial charge < -0.3 is 23.8 Å². The lowest BCUT2D eigenvalue weighted by atomic mass is 9.92. The smallest absolute Gasteiger partial charge is 0.410 e. The average molecular weight is 954 g/mol. The van der Waals surface area contributed by atoms with Gasteiger partial charge in [0.05, 0.1) is 41.2 Å². The summed E-state index contributed by atoms with van der Waals surface area (Å²) in [6, 6.07) is 3.86. The standard InChI is InChI=1S/C50H61F6N5O5Si/c1-27(2)67(28(3)4,29(5)6)19-16-35-37(52)15-12-30-20-34(65-46(55)56)21-36(38(30)35)39-41(53)43-40(44(63-10)42(39)54)45(58-47(57-43)64-26-50-17-11-18-60(50)23-31(51)22-50)59-24-32-13-14-33(25-59)61(32)48(62)66-49(7,8)9/h12,15,20-21,27-29,31-33,46H,11,13-14,17-18,22-26H2,1-10H3/t31-,32?,33?,50+/m1/s1. The molecule has 4 fully saturated rings. The minimum atomic E-state index is -3.30. The molecule has 0 spiro atoms. The lowest BCUT2D eigenvalue weighted by Gasteiger charge is -2.42. The van der Waals surface area contributed by atoms with Gasteiger partial charge in [0.1, 0.15) is 49.4 Å². The molecule has 4 aliphatic rings. The Kier molecular flexibility index (Phi) is 13.2. The highest BCUT2D eigenvalue weighted by molar-refractivity contribution is 6.90. The van der Waals surface area contributed by atoms with Gasteiger partial charge in [-0.1, -0.05) is 53.5 Å². The van der Waals surface area contributed by atoms with Crippen molar-refractivity contribution in [1.82, 2.24) is 19.8 Å². The largest absolute Gasteiger partial charge is 0.493 e. The topological polar surface area (TPSA) is 89.5 Å². The van der Waals surface area contributed by atoms with E-state index in [0.717, 1.165) is 18.6 Å². The third-order valence-corrected chi connectivity index (χ3v) is 20.9. The van der Waals surface area contributed by atoms with Crippen molar-refractivity contribution in [3.05, 3.63) is 47.3 Å². The molecule has 362 valence electrons. The summed E-state index contributed by atoms with van der Waals surface area (Å²) < 4.78 is 118. The molecule has 8 rings (SSSR count). The minimum Gasteiger partial charge on any atom is -0.493 e. The van der Waals surface area contributed by atoms with Gasteiger partial charge in [-0.2, -0.15) is 18.7 Å². The number of carbonyl (C=O) groups is 1. The van der Waals surface area contributed by atoms with Crippen LogP contribution in [-0.4, -0.2) is 110 Å². The normalized spacial score (nSPS) is 22.1. The summed E-state index contributed by atoms with van der Waals surface area (Å²) in [7, 11) is -1.31. The molecule has 4 aliphatic heterocycles. The van der Waals surface area contributed by atoms with Gasteiger partial charge in [-0.05, 0) is 93.2 Å². The molecule has 0 N–H and O–H groups in total. The third kappa shape index (κ3) is 8.74. The first kappa shape index (κ1) is 48.5. The number of methoxy groups -OCH3 is 1. The number of benzene rings is 3. The Morgan fingerprint density at radius 1 is 0.940 bits per heavy atom. The monoisotopic (exact) mass is 953 g/mol. The van der Waals surface area contributed by atoms with Gasteiger partial charge in [-0.3, -0.25) is 9.80 Å². The van der Waals surface area contributed by atoms with E-state index in [1.807, 2.05) is 4.90 Å². The molecule has 4 aromatic rings. The number of piperazine rings is 1. The van der Waals surface area contributed by atoms with Crippen LogP contribution in [0.1, 0.15) is 100.0 Å². The van der Waals surface area contributed by atoms with E-state index in [1.165, 1.54) is 19.2 Å². The Morgan fingerprint density at radius 2 is 1.61 bits per heavy atom. The Morgan fingerprint density at radius 3 is 2.22 bits per heavy atom. The van der Waals surface area contributed by atoms with Crippen LogP contribution >= 0.6 is 0 Å². The maximum atomic E-state index is 18.1. The van der Waals surface area contributed by atoms with Crippen molar-refractivity contribution < 1.29 is 50.1 Å². The summed E-state index contributed by atoms with van der Waals surface area (Å²) in [5, 5.41) is -0.00638. The fourth-order valence-corrected chi connectivity index (χ4v) is 17.0. The summed E-state index contributed by atoms with van der Waals surface area (Å²) in [5.74, 6) is -0.898. The highest BCUT2D eigenvalue weighted by Crippen LogP contribution is 2.49. The number of halogens is 6. The number of hydrogen-bond donors (Lipinski definition) is 0. The van der Waals surface area contributed by atoms with E-state index >= 15 is 13.2 Å². The van der Waals surface area contributed by atoms with E-state index in [9.17, 15) is 18.0 Å². The molecule has 2 bridgehead atoms. The van der Waals surface area contributed by atoms with Gasteiger partial charge in [0.15, 0.2) is 17.4 Å². The Hall–Kier alpha value is -4.95. The second kappa shape index (κ2) is 18.2. The third-order valence-electron chi connectivity index (χ3n) is 14.6. The van der Waals surface area contributed by atoms with Crippen LogP contribution in [0.4, 0.5) is 37.0 Å². The van der Waals surface area contributed by atoms with Crippen molar-refractivity contribution in [2.75, 3.05) is 44.8 Å². The number of carbonyl (C=O) groups excluding carboxylic acids is 1. The van der Waals surface area contributed by atoms with E-state index in [4.69, 9.17) is 23.9 Å². The van der Waals surface area contributed by atoms with Gasteiger partial charge in [0, 0.05) is 37.0 Å². The number of ether oxygens (including phenoxy) is 4. The first-order chi connectivity index (χ1) is 31.6. The summed E-state index contributed by atoms with van der Waals surface area (Å²) in [5.41, 5.74) is 0.985. The van der Waals surface area contributed by atoms with Crippen LogP contribution in [0.2, 0.25) is 16.6 Å². The molecule has 0 saturated carbocycles. The summed E-state index contributed by atoms with van der Waals surface area (Å²) in [6.45, 7) is 16.0. The highest BCUT2D eigenvalue weighted by Gasteiger charge is 2.50. The molecule has 2 unspecified atom stereocenters. The lowest BCUT2D eigenvalue weighted by Crippen LogP contribution is -2.57. The lowest BCUT2D eigenvalue weighted by molar-refractivity contribution is -0.0497. The molecule has 4 atom stereocenters. The number of aromatic nitrogens is 2. The summed E-state index contributed by atoms with van der Waals surface area (Å²) in [6.07, 6.45) is 1.50. The zero-order valence-electron chi connectivity index (χ0n) is 40.0. The molecule has 1 aromatic heterocycles. The van der Waals surface area contributed by atoms with E-state index in [2.05, 4.69) is 62.9 Å². The SMILES string of the molecule is COc1c(F)c(-c2cc(OC(F)F)cc3ccc(F)c(C#C[Si](C(C)C)(C(C)C)C(C)C)c23)c(F)c2nc(OC[C@@]34CCCN3C[C@H](F)C4)nc(N3CC4CCC(C3)N4C(=O)OC(C)(C)C)c12. The zero-order chi connectivity index (χ0) is 48.5. The van der Waals surface area contributed by atoms with E-state index < -0.39 is 78.1 Å². The zero-order valence-corrected chi connectivity index (χ0v) is 41.0. The van der Waals surface area contributed by atoms with E-state index in [-0.39, 0.29) is 100 Å². The number of amides is 1. The summed E-state index contributed by atoms with van der Waals surface area (Å²) >= 11 is 0. The van der Waals surface area contributed by atoms with Crippen LogP contribution in [-0.2, 0) is 4.74 Å². The van der Waals surface area contributed by atoms with E-state index in [1.54, 1.807) is 25.7 Å². The van der Waals surface area contributed by atoms with Crippen molar-refractivity contribution in [3.63, 3.8) is 0 Å². The first-order valence-corrected chi connectivity index (χ1v) is 25.6. The maximum absolute atomic E-state index is 18.1. The fraction of sp³-hybridized carbons (Fsp3) is 0.580. The number of anilines is 1. The number of rotatable bonds is 11. The van der Waals surface area contributed by atoms with Gasteiger partial charge >= 0.3 is 18.7 Å². The van der Waals surface area contributed by atoms with Crippen LogP contribution in [0, 0.1) is 28.9 Å². The molecule has 5 heterocycles. The molecule has 3 aromatic carbocycles. The van der Waals surface area contributed by atoms with Crippen LogP contribution in [0.25, 0.3) is 32.8 Å². The number of fused-ring (bicyclic) bond motifs is 5. The molecular formula is C50H61F6N5O5Si. The number of nitrogens with zero attached hydrogens (tertiary/aromatic N) is 5. The first-order valence-electron chi connectivity index (χ1n) is 23.4. The van der Waals surface area contributed by atoms with Crippen molar-refractivity contribution in [2.24, 2.45) is 0 Å². The fourth-order valence-electron chi connectivity index (χ4n) is 11.8. The molecule has 1 amide bonds. The molecule has 0 radical (unpaired) electrons. The quantitative estimate of drug-likeness (QED) is 0.0828. The predicted molar refractivity (Wildman–Crippen MR) is 249 cm³/mol. The molecule has 4 saturated heterocycles. The summed E-state index contributed by atoms with van der Waals surface area (Å²) in [4.78, 5) is 28.5. The average Bonchev–Trinajstić information content (AvgIpc) is 3.86. The predicted octanol–water partition coefficient (Wildman–Crippen LogP) is 11.6. The van der Waals surface area contributed by atoms with Crippen molar-refractivity contribution in [3.8, 4) is 40.1 Å². The molecule has 17 heteroatoms. The van der Waals surface area contributed by atoms with Gasteiger partial charge in [-0.25, -0.2) is 22.4 Å². The van der Waals surface area contributed by atoms with Crippen molar-refractivity contribution >= 4 is 41.7 Å². The van der Waals surface area contributed by atoms with Crippen LogP contribution < -0.4 is 19.1 Å². The molecule has 67 heavy (non-hydrogen) atoms. The molecule has 10 nitrogen and oxygen atoms in total. The molecule has 0 aliphatic carbocycles. The minimum absolute atomic E-state index is 0.00423. The van der Waals surface area contributed by atoms with E-state index in [0.29, 0.717) is 25.8 Å². The van der Waals surface area contributed by atoms with Crippen LogP contribution in [0.5, 0.6) is 17.5 Å². The Bertz CT molecular complexity index is 2600. The van der Waals surface area contributed by atoms with Crippen molar-refractivity contribution in [1.29, 1.82) is 0 Å². The van der Waals surface area contributed by atoms with Gasteiger partial charge in [-0.15, -0.1) is 5.54 Å².